The minimum atomic E-state index is -0.172. The molecule has 29 heavy (non-hydrogen) atoms. The third kappa shape index (κ3) is 4.16. The highest BCUT2D eigenvalue weighted by Gasteiger charge is 2.38. The van der Waals surface area contributed by atoms with Gasteiger partial charge in [0, 0.05) is 23.5 Å². The van der Waals surface area contributed by atoms with Gasteiger partial charge < -0.3 is 20.5 Å². The smallest absolute Gasteiger partial charge is 0.224 e. The normalized spacial score (nSPS) is 27.0. The third-order valence-electron chi connectivity index (χ3n) is 6.73. The molecule has 2 aromatic heterocycles. The Morgan fingerprint density at radius 2 is 1.83 bits per heavy atom. The number of aliphatic hydroxyl groups is 1. The second kappa shape index (κ2) is 7.69. The number of hydrogen-bond acceptors (Lipinski definition) is 7. The summed E-state index contributed by atoms with van der Waals surface area (Å²) in [4.78, 5) is 14.2. The molecule has 1 aliphatic heterocycles. The number of rotatable bonds is 5. The van der Waals surface area contributed by atoms with E-state index >= 15 is 0 Å². The van der Waals surface area contributed by atoms with E-state index in [0.717, 1.165) is 80.9 Å². The molecular formula is C22H31N5O2. The summed E-state index contributed by atoms with van der Waals surface area (Å²) in [6, 6.07) is 0. The lowest BCUT2D eigenvalue weighted by Gasteiger charge is -2.27. The first-order valence-corrected chi connectivity index (χ1v) is 11.1. The highest BCUT2D eigenvalue weighted by molar-refractivity contribution is 5.86. The van der Waals surface area contributed by atoms with Gasteiger partial charge in [-0.25, -0.2) is 15.0 Å². The summed E-state index contributed by atoms with van der Waals surface area (Å²) in [5.74, 6) is 1.71. The molecule has 2 aliphatic carbocycles. The fraction of sp³-hybridized carbons (Fsp3) is 0.682. The zero-order valence-corrected chi connectivity index (χ0v) is 17.2. The van der Waals surface area contributed by atoms with Crippen LogP contribution in [0, 0.1) is 0 Å². The lowest BCUT2D eigenvalue weighted by Crippen LogP contribution is -2.34. The predicted octanol–water partition coefficient (Wildman–Crippen LogP) is 3.14. The molecule has 3 N–H and O–H groups in total. The molecule has 0 spiro atoms. The third-order valence-corrected chi connectivity index (χ3v) is 6.73. The van der Waals surface area contributed by atoms with Crippen molar-refractivity contribution in [1.82, 2.24) is 20.3 Å². The zero-order chi connectivity index (χ0) is 19.8. The Morgan fingerprint density at radius 3 is 2.55 bits per heavy atom. The first-order chi connectivity index (χ1) is 14.1. The number of aromatic nitrogens is 3. The molecule has 0 bridgehead atoms. The fourth-order valence-corrected chi connectivity index (χ4v) is 4.51. The maximum atomic E-state index is 9.92. The molecule has 2 saturated carbocycles. The van der Waals surface area contributed by atoms with Crippen LogP contribution in [-0.2, 0) is 0 Å². The van der Waals surface area contributed by atoms with Gasteiger partial charge in [-0.2, -0.15) is 0 Å². The van der Waals surface area contributed by atoms with E-state index in [0.29, 0.717) is 17.7 Å². The van der Waals surface area contributed by atoms with Crippen LogP contribution in [0.2, 0.25) is 0 Å². The molecule has 3 fully saturated rings. The van der Waals surface area contributed by atoms with Crippen LogP contribution < -0.4 is 15.4 Å². The highest BCUT2D eigenvalue weighted by atomic mass is 16.5. The van der Waals surface area contributed by atoms with E-state index in [1.807, 2.05) is 12.4 Å². The van der Waals surface area contributed by atoms with Crippen LogP contribution in [0.4, 0.5) is 5.95 Å². The number of hydrogen-bond donors (Lipinski definition) is 3. The average molecular weight is 398 g/mol. The largest absolute Gasteiger partial charge is 0.474 e. The quantitative estimate of drug-likeness (QED) is 0.714. The van der Waals surface area contributed by atoms with Crippen LogP contribution >= 0.6 is 0 Å². The van der Waals surface area contributed by atoms with Crippen LogP contribution in [0.5, 0.6) is 5.88 Å². The monoisotopic (exact) mass is 397 g/mol. The molecule has 0 atom stereocenters. The molecule has 0 unspecified atom stereocenters. The van der Waals surface area contributed by atoms with Crippen molar-refractivity contribution in [3.63, 3.8) is 0 Å². The molecule has 7 nitrogen and oxygen atoms in total. The van der Waals surface area contributed by atoms with Crippen LogP contribution in [-0.4, -0.2) is 50.9 Å². The summed E-state index contributed by atoms with van der Waals surface area (Å²) in [5.41, 5.74) is 2.24. The van der Waals surface area contributed by atoms with Crippen LogP contribution in [0.25, 0.3) is 10.9 Å². The van der Waals surface area contributed by atoms with Gasteiger partial charge in [0.05, 0.1) is 17.0 Å². The van der Waals surface area contributed by atoms with E-state index in [9.17, 15) is 5.11 Å². The molecule has 5 rings (SSSR count). The van der Waals surface area contributed by atoms with E-state index in [1.54, 1.807) is 0 Å². The lowest BCUT2D eigenvalue weighted by atomic mass is 9.83. The Kier molecular flexibility index (Phi) is 5.04. The molecule has 1 saturated heterocycles. The lowest BCUT2D eigenvalue weighted by molar-refractivity contribution is 0.122. The standard InChI is InChI=1S/C22H31N5O2/c1-22(8-9-22)27-21-25-13-18-19(26-21)17(14-2-4-15(28)5-3-14)12-24-20(18)29-16-6-10-23-11-7-16/h12-16,23,28H,2-11H2,1H3,(H,25,26,27). The van der Waals surface area contributed by atoms with Gasteiger partial charge in [-0.3, -0.25) is 0 Å². The summed E-state index contributed by atoms with van der Waals surface area (Å²) >= 11 is 0. The second-order valence-electron chi connectivity index (χ2n) is 9.23. The first kappa shape index (κ1) is 19.0. The molecule has 0 radical (unpaired) electrons. The Hall–Kier alpha value is -1.99. The van der Waals surface area contributed by atoms with Crippen molar-refractivity contribution >= 4 is 16.9 Å². The van der Waals surface area contributed by atoms with Crippen molar-refractivity contribution in [2.24, 2.45) is 0 Å². The number of piperidine rings is 1. The van der Waals surface area contributed by atoms with Crippen molar-refractivity contribution < 1.29 is 9.84 Å². The van der Waals surface area contributed by atoms with E-state index in [4.69, 9.17) is 14.7 Å². The minimum Gasteiger partial charge on any atom is -0.474 e. The van der Waals surface area contributed by atoms with Gasteiger partial charge in [0.1, 0.15) is 6.10 Å². The van der Waals surface area contributed by atoms with Crippen molar-refractivity contribution in [2.75, 3.05) is 18.4 Å². The first-order valence-electron chi connectivity index (χ1n) is 11.1. The summed E-state index contributed by atoms with van der Waals surface area (Å²) in [5, 5.41) is 17.7. The van der Waals surface area contributed by atoms with E-state index in [1.165, 1.54) is 0 Å². The maximum absolute atomic E-state index is 9.92. The van der Waals surface area contributed by atoms with Gasteiger partial charge >= 0.3 is 0 Å². The molecule has 7 heteroatoms. The Bertz CT molecular complexity index is 871. The molecule has 3 heterocycles. The van der Waals surface area contributed by atoms with E-state index in [2.05, 4.69) is 22.5 Å². The molecule has 0 amide bonds. The molecule has 0 aromatic carbocycles. The second-order valence-corrected chi connectivity index (χ2v) is 9.23. The van der Waals surface area contributed by atoms with Gasteiger partial charge in [-0.05, 0) is 77.3 Å². The maximum Gasteiger partial charge on any atom is 0.224 e. The van der Waals surface area contributed by atoms with Crippen molar-refractivity contribution in [3.8, 4) is 5.88 Å². The average Bonchev–Trinajstić information content (AvgIpc) is 3.46. The Morgan fingerprint density at radius 1 is 1.07 bits per heavy atom. The Labute approximate surface area is 171 Å². The molecule has 156 valence electrons. The number of nitrogens with zero attached hydrogens (tertiary/aromatic N) is 3. The van der Waals surface area contributed by atoms with Crippen LogP contribution in [0.3, 0.4) is 0 Å². The highest BCUT2D eigenvalue weighted by Crippen LogP contribution is 2.40. The van der Waals surface area contributed by atoms with E-state index in [-0.39, 0.29) is 17.7 Å². The number of anilines is 1. The molecule has 2 aromatic rings. The molecular weight excluding hydrogens is 366 g/mol. The van der Waals surface area contributed by atoms with Crippen molar-refractivity contribution in [2.45, 2.75) is 82.0 Å². The van der Waals surface area contributed by atoms with Crippen molar-refractivity contribution in [1.29, 1.82) is 0 Å². The van der Waals surface area contributed by atoms with Gasteiger partial charge in [0.25, 0.3) is 0 Å². The predicted molar refractivity (Wildman–Crippen MR) is 112 cm³/mol. The SMILES string of the molecule is CC1(Nc2ncc3c(OC4CCNCC4)ncc(C4CCC(O)CC4)c3n2)CC1. The number of aliphatic hydroxyl groups excluding tert-OH is 1. The minimum absolute atomic E-state index is 0.129. The van der Waals surface area contributed by atoms with Gasteiger partial charge in [0.2, 0.25) is 11.8 Å². The van der Waals surface area contributed by atoms with Gasteiger partial charge in [-0.15, -0.1) is 0 Å². The number of nitrogens with one attached hydrogen (secondary N) is 2. The number of pyridine rings is 1. The summed E-state index contributed by atoms with van der Waals surface area (Å²) in [7, 11) is 0. The fourth-order valence-electron chi connectivity index (χ4n) is 4.51. The molecule has 3 aliphatic rings. The topological polar surface area (TPSA) is 92.2 Å². The van der Waals surface area contributed by atoms with Crippen LogP contribution in [0.1, 0.15) is 69.8 Å². The van der Waals surface area contributed by atoms with E-state index < -0.39 is 0 Å². The Balaban J connectivity index is 1.50. The summed E-state index contributed by atoms with van der Waals surface area (Å²) in [6.45, 7) is 4.17. The summed E-state index contributed by atoms with van der Waals surface area (Å²) in [6.07, 6.45) is 11.8. The number of ether oxygens (including phenoxy) is 1. The van der Waals surface area contributed by atoms with Gasteiger partial charge in [-0.1, -0.05) is 0 Å². The van der Waals surface area contributed by atoms with Crippen LogP contribution in [0.15, 0.2) is 12.4 Å². The zero-order valence-electron chi connectivity index (χ0n) is 17.2. The van der Waals surface area contributed by atoms with Crippen molar-refractivity contribution in [3.05, 3.63) is 18.0 Å². The summed E-state index contributed by atoms with van der Waals surface area (Å²) < 4.78 is 6.29. The number of fused-ring (bicyclic) bond motifs is 1. The van der Waals surface area contributed by atoms with Gasteiger partial charge in [0.15, 0.2) is 0 Å².